The van der Waals surface area contributed by atoms with Gasteiger partial charge in [0.1, 0.15) is 5.75 Å². The Morgan fingerprint density at radius 1 is 1.32 bits per heavy atom. The van der Waals surface area contributed by atoms with Crippen molar-refractivity contribution < 1.29 is 9.90 Å². The van der Waals surface area contributed by atoms with Crippen LogP contribution in [0, 0.1) is 0 Å². The van der Waals surface area contributed by atoms with Crippen LogP contribution in [0.1, 0.15) is 15.9 Å². The highest BCUT2D eigenvalue weighted by atomic mass is 32.1. The number of phenols is 1. The van der Waals surface area contributed by atoms with Gasteiger partial charge in [0.05, 0.1) is 16.4 Å². The Morgan fingerprint density at radius 3 is 2.95 bits per heavy atom. The molecule has 0 atom stereocenters. The smallest absolute Gasteiger partial charge is 0.271 e. The molecule has 0 radical (unpaired) electrons. The van der Waals surface area contributed by atoms with Gasteiger partial charge in [-0.1, -0.05) is 23.5 Å². The third kappa shape index (κ3) is 2.89. The normalized spacial score (nSPS) is 11.1. The molecule has 0 bridgehead atoms. The second-order valence-electron chi connectivity index (χ2n) is 4.49. The molecule has 0 aliphatic carbocycles. The topological polar surface area (TPSA) is 101 Å². The summed E-state index contributed by atoms with van der Waals surface area (Å²) in [5.41, 5.74) is 9.80. The van der Waals surface area contributed by atoms with Crippen LogP contribution in [0.2, 0.25) is 0 Å². The van der Waals surface area contributed by atoms with Crippen LogP contribution in [0.5, 0.6) is 5.75 Å². The Balaban J connectivity index is 1.74. The number of hydrogen-bond acceptors (Lipinski definition) is 6. The van der Waals surface area contributed by atoms with E-state index >= 15 is 0 Å². The summed E-state index contributed by atoms with van der Waals surface area (Å²) in [5.74, 6) is -0.248. The molecule has 2 aromatic carbocycles. The predicted octanol–water partition coefficient (Wildman–Crippen LogP) is 2.35. The van der Waals surface area contributed by atoms with Crippen molar-refractivity contribution in [2.75, 3.05) is 5.73 Å². The fraction of sp³-hybridized carbons (Fsp3) is 0. The average molecular weight is 312 g/mol. The number of hydrazone groups is 1. The van der Waals surface area contributed by atoms with Crippen LogP contribution in [-0.2, 0) is 0 Å². The minimum Gasteiger partial charge on any atom is -0.507 e. The minimum absolute atomic E-state index is 0.0991. The summed E-state index contributed by atoms with van der Waals surface area (Å²) in [6, 6.07) is 11.8. The number of nitrogen functional groups attached to an aromatic ring is 1. The van der Waals surface area contributed by atoms with Crippen LogP contribution in [-0.4, -0.2) is 22.2 Å². The number of nitrogens with two attached hydrogens (primary N) is 1. The summed E-state index contributed by atoms with van der Waals surface area (Å²) >= 11 is 1.32. The Kier molecular flexibility index (Phi) is 3.71. The summed E-state index contributed by atoms with van der Waals surface area (Å²) in [7, 11) is 0. The standard InChI is InChI=1S/C15H12N4O2S/c16-15-18-11-6-5-9(7-13(11)22-15)14(21)19-17-8-10-3-1-2-4-12(10)20/h1-8,20H,(H2,16,18)(H,19,21)/b17-8-. The third-order valence-electron chi connectivity index (χ3n) is 2.97. The van der Waals surface area contributed by atoms with Crippen LogP contribution in [0.25, 0.3) is 10.2 Å². The van der Waals surface area contributed by atoms with Crippen molar-refractivity contribution in [2.24, 2.45) is 5.10 Å². The summed E-state index contributed by atoms with van der Waals surface area (Å²) in [5, 5.41) is 13.9. The molecule has 0 aliphatic rings. The first-order chi connectivity index (χ1) is 10.6. The SMILES string of the molecule is Nc1nc2ccc(C(=O)N/N=C\c3ccccc3O)cc2s1. The lowest BCUT2D eigenvalue weighted by Crippen LogP contribution is -2.17. The van der Waals surface area contributed by atoms with Crippen molar-refractivity contribution in [3.63, 3.8) is 0 Å². The number of nitrogens with zero attached hydrogens (tertiary/aromatic N) is 2. The van der Waals surface area contributed by atoms with Gasteiger partial charge in [-0.2, -0.15) is 5.10 Å². The first-order valence-electron chi connectivity index (χ1n) is 6.41. The third-order valence-corrected chi connectivity index (χ3v) is 3.82. The molecule has 1 aromatic heterocycles. The van der Waals surface area contributed by atoms with Crippen molar-refractivity contribution >= 4 is 38.8 Å². The number of para-hydroxylation sites is 1. The zero-order valence-electron chi connectivity index (χ0n) is 11.4. The zero-order chi connectivity index (χ0) is 15.5. The van der Waals surface area contributed by atoms with Crippen LogP contribution >= 0.6 is 11.3 Å². The second-order valence-corrected chi connectivity index (χ2v) is 5.55. The molecule has 1 heterocycles. The summed E-state index contributed by atoms with van der Waals surface area (Å²) < 4.78 is 0.842. The Morgan fingerprint density at radius 2 is 2.14 bits per heavy atom. The molecule has 0 saturated carbocycles. The Bertz CT molecular complexity index is 873. The van der Waals surface area contributed by atoms with Crippen LogP contribution < -0.4 is 11.2 Å². The molecule has 7 heteroatoms. The van der Waals surface area contributed by atoms with Crippen LogP contribution in [0.3, 0.4) is 0 Å². The number of amides is 1. The minimum atomic E-state index is -0.347. The van der Waals surface area contributed by atoms with Crippen LogP contribution in [0.15, 0.2) is 47.6 Å². The largest absolute Gasteiger partial charge is 0.507 e. The number of phenolic OH excluding ortho intramolecular Hbond substituents is 1. The fourth-order valence-electron chi connectivity index (χ4n) is 1.91. The first kappa shape index (κ1) is 14.0. The lowest BCUT2D eigenvalue weighted by Gasteiger charge is -2.00. The van der Waals surface area contributed by atoms with Crippen LogP contribution in [0.4, 0.5) is 5.13 Å². The van der Waals surface area contributed by atoms with Gasteiger partial charge in [0.2, 0.25) is 0 Å². The summed E-state index contributed by atoms with van der Waals surface area (Å²) in [6.45, 7) is 0. The number of carbonyl (C=O) groups excluding carboxylic acids is 1. The number of rotatable bonds is 3. The maximum Gasteiger partial charge on any atom is 0.271 e. The van der Waals surface area contributed by atoms with E-state index in [9.17, 15) is 9.90 Å². The number of fused-ring (bicyclic) bond motifs is 1. The number of aromatic hydroxyl groups is 1. The van der Waals surface area contributed by atoms with Gasteiger partial charge < -0.3 is 10.8 Å². The van der Waals surface area contributed by atoms with E-state index in [0.29, 0.717) is 16.3 Å². The number of anilines is 1. The lowest BCUT2D eigenvalue weighted by molar-refractivity contribution is 0.0955. The van der Waals surface area contributed by atoms with Gasteiger partial charge in [0.15, 0.2) is 5.13 Å². The summed E-state index contributed by atoms with van der Waals surface area (Å²) in [4.78, 5) is 16.2. The van der Waals surface area contributed by atoms with Gasteiger partial charge in [-0.3, -0.25) is 4.79 Å². The average Bonchev–Trinajstić information content (AvgIpc) is 2.88. The van der Waals surface area contributed by atoms with E-state index in [-0.39, 0.29) is 11.7 Å². The predicted molar refractivity (Wildman–Crippen MR) is 87.2 cm³/mol. The zero-order valence-corrected chi connectivity index (χ0v) is 12.2. The van der Waals surface area contributed by atoms with E-state index in [1.165, 1.54) is 17.6 Å². The van der Waals surface area contributed by atoms with E-state index < -0.39 is 0 Å². The van der Waals surface area contributed by atoms with Crippen molar-refractivity contribution in [1.29, 1.82) is 0 Å². The van der Waals surface area contributed by atoms with Crippen molar-refractivity contribution in [3.8, 4) is 5.75 Å². The van der Waals surface area contributed by atoms with Gasteiger partial charge in [-0.25, -0.2) is 10.4 Å². The number of benzene rings is 2. The summed E-state index contributed by atoms with van der Waals surface area (Å²) in [6.07, 6.45) is 1.39. The van der Waals surface area contributed by atoms with Gasteiger partial charge >= 0.3 is 0 Å². The first-order valence-corrected chi connectivity index (χ1v) is 7.22. The molecule has 0 unspecified atom stereocenters. The molecule has 3 rings (SSSR count). The molecule has 6 nitrogen and oxygen atoms in total. The van der Waals surface area contributed by atoms with E-state index in [1.54, 1.807) is 42.5 Å². The maximum absolute atomic E-state index is 12.0. The molecule has 0 fully saturated rings. The second kappa shape index (κ2) is 5.82. The lowest BCUT2D eigenvalue weighted by atomic mass is 10.2. The highest BCUT2D eigenvalue weighted by Gasteiger charge is 2.08. The van der Waals surface area contributed by atoms with Gasteiger partial charge in [0.25, 0.3) is 5.91 Å². The van der Waals surface area contributed by atoms with Crippen molar-refractivity contribution in [1.82, 2.24) is 10.4 Å². The van der Waals surface area contributed by atoms with Gasteiger partial charge in [-0.05, 0) is 30.3 Å². The maximum atomic E-state index is 12.0. The number of aromatic nitrogens is 1. The molecule has 0 saturated heterocycles. The number of nitrogens with one attached hydrogen (secondary N) is 1. The van der Waals surface area contributed by atoms with E-state index in [4.69, 9.17) is 5.73 Å². The monoisotopic (exact) mass is 312 g/mol. The molecule has 1 amide bonds. The Hall–Kier alpha value is -2.93. The van der Waals surface area contributed by atoms with E-state index in [1.807, 2.05) is 0 Å². The molecule has 22 heavy (non-hydrogen) atoms. The quantitative estimate of drug-likeness (QED) is 0.510. The highest BCUT2D eigenvalue weighted by Crippen LogP contribution is 2.24. The molecular weight excluding hydrogens is 300 g/mol. The van der Waals surface area contributed by atoms with Gasteiger partial charge in [0, 0.05) is 11.1 Å². The van der Waals surface area contributed by atoms with E-state index in [0.717, 1.165) is 10.2 Å². The van der Waals surface area contributed by atoms with Gasteiger partial charge in [-0.15, -0.1) is 0 Å². The molecular formula is C15H12N4O2S. The highest BCUT2D eigenvalue weighted by molar-refractivity contribution is 7.22. The number of hydrogen-bond donors (Lipinski definition) is 3. The van der Waals surface area contributed by atoms with Crippen molar-refractivity contribution in [3.05, 3.63) is 53.6 Å². The number of thiazole rings is 1. The molecule has 110 valence electrons. The van der Waals surface area contributed by atoms with E-state index in [2.05, 4.69) is 15.5 Å². The fourth-order valence-corrected chi connectivity index (χ4v) is 2.68. The van der Waals surface area contributed by atoms with Crippen molar-refractivity contribution in [2.45, 2.75) is 0 Å². The molecule has 4 N–H and O–H groups in total. The molecule has 0 aliphatic heterocycles. The number of carbonyl (C=O) groups is 1. The molecule has 3 aromatic rings. The molecule has 0 spiro atoms. The Labute approximate surface area is 129 Å².